The van der Waals surface area contributed by atoms with E-state index in [1.54, 1.807) is 0 Å². The molecule has 1 aromatic rings. The van der Waals surface area contributed by atoms with E-state index < -0.39 is 0 Å². The predicted molar refractivity (Wildman–Crippen MR) is 83.7 cm³/mol. The molecule has 0 amide bonds. The fourth-order valence-corrected chi connectivity index (χ4v) is 2.84. The Kier molecular flexibility index (Phi) is 5.71. The molecular weight excluding hydrogens is 232 g/mol. The Balaban J connectivity index is 1.85. The van der Waals surface area contributed by atoms with Crippen molar-refractivity contribution in [3.63, 3.8) is 0 Å². The summed E-state index contributed by atoms with van der Waals surface area (Å²) in [6.07, 6.45) is 7.79. The van der Waals surface area contributed by atoms with Crippen LogP contribution in [0.4, 0.5) is 5.69 Å². The SMILES string of the molecule is CCCCCC(C)NCc1cccc2c1CCCN2. The molecule has 0 aliphatic carbocycles. The van der Waals surface area contributed by atoms with E-state index in [9.17, 15) is 0 Å². The zero-order chi connectivity index (χ0) is 13.5. The van der Waals surface area contributed by atoms with Crippen LogP contribution in [0.5, 0.6) is 0 Å². The highest BCUT2D eigenvalue weighted by atomic mass is 14.9. The third kappa shape index (κ3) is 4.24. The Morgan fingerprint density at radius 1 is 1.32 bits per heavy atom. The third-order valence-electron chi connectivity index (χ3n) is 4.07. The molecule has 106 valence electrons. The summed E-state index contributed by atoms with van der Waals surface area (Å²) >= 11 is 0. The lowest BCUT2D eigenvalue weighted by Crippen LogP contribution is -2.26. The Hall–Kier alpha value is -1.02. The van der Waals surface area contributed by atoms with Gasteiger partial charge in [-0.25, -0.2) is 0 Å². The highest BCUT2D eigenvalue weighted by Gasteiger charge is 2.12. The molecule has 0 saturated heterocycles. The number of unbranched alkanes of at least 4 members (excludes halogenated alkanes) is 2. The quantitative estimate of drug-likeness (QED) is 0.721. The summed E-state index contributed by atoms with van der Waals surface area (Å²) < 4.78 is 0. The highest BCUT2D eigenvalue weighted by molar-refractivity contribution is 5.56. The van der Waals surface area contributed by atoms with E-state index in [2.05, 4.69) is 42.7 Å². The molecule has 0 spiro atoms. The molecular formula is C17H28N2. The minimum absolute atomic E-state index is 0.624. The molecule has 0 aromatic heterocycles. The van der Waals surface area contributed by atoms with Gasteiger partial charge in [0.05, 0.1) is 0 Å². The van der Waals surface area contributed by atoms with Crippen LogP contribution in [-0.4, -0.2) is 12.6 Å². The second kappa shape index (κ2) is 7.54. The highest BCUT2D eigenvalue weighted by Crippen LogP contribution is 2.25. The van der Waals surface area contributed by atoms with E-state index in [1.165, 1.54) is 55.3 Å². The van der Waals surface area contributed by atoms with E-state index >= 15 is 0 Å². The Morgan fingerprint density at radius 3 is 3.05 bits per heavy atom. The molecule has 0 saturated carbocycles. The molecule has 1 atom stereocenters. The summed E-state index contributed by atoms with van der Waals surface area (Å²) in [7, 11) is 0. The molecule has 19 heavy (non-hydrogen) atoms. The first-order valence-corrected chi connectivity index (χ1v) is 7.89. The number of hydrogen-bond acceptors (Lipinski definition) is 2. The smallest absolute Gasteiger partial charge is 0.0375 e. The zero-order valence-corrected chi connectivity index (χ0v) is 12.5. The Labute approximate surface area is 118 Å². The van der Waals surface area contributed by atoms with Crippen molar-refractivity contribution in [2.75, 3.05) is 11.9 Å². The van der Waals surface area contributed by atoms with E-state index in [1.807, 2.05) is 0 Å². The maximum Gasteiger partial charge on any atom is 0.0375 e. The van der Waals surface area contributed by atoms with Crippen LogP contribution < -0.4 is 10.6 Å². The van der Waals surface area contributed by atoms with Gasteiger partial charge >= 0.3 is 0 Å². The van der Waals surface area contributed by atoms with Crippen LogP contribution in [0.15, 0.2) is 18.2 Å². The van der Waals surface area contributed by atoms with Crippen molar-refractivity contribution >= 4 is 5.69 Å². The first-order chi connectivity index (χ1) is 9.31. The Bertz CT molecular complexity index is 387. The van der Waals surface area contributed by atoms with Gasteiger partial charge in [0.1, 0.15) is 0 Å². The predicted octanol–water partition coefficient (Wildman–Crippen LogP) is 4.10. The number of hydrogen-bond donors (Lipinski definition) is 2. The van der Waals surface area contributed by atoms with Crippen LogP contribution in [0.2, 0.25) is 0 Å². The van der Waals surface area contributed by atoms with Gasteiger partial charge in [-0.3, -0.25) is 0 Å². The minimum Gasteiger partial charge on any atom is -0.385 e. The number of anilines is 1. The van der Waals surface area contributed by atoms with E-state index in [-0.39, 0.29) is 0 Å². The van der Waals surface area contributed by atoms with Crippen LogP contribution in [0.1, 0.15) is 57.1 Å². The monoisotopic (exact) mass is 260 g/mol. The van der Waals surface area contributed by atoms with Gasteiger partial charge in [-0.1, -0.05) is 38.3 Å². The van der Waals surface area contributed by atoms with Gasteiger partial charge < -0.3 is 10.6 Å². The second-order valence-electron chi connectivity index (χ2n) is 5.75. The van der Waals surface area contributed by atoms with Crippen molar-refractivity contribution in [3.8, 4) is 0 Å². The fourth-order valence-electron chi connectivity index (χ4n) is 2.84. The molecule has 2 N–H and O–H groups in total. The van der Waals surface area contributed by atoms with Crippen molar-refractivity contribution in [3.05, 3.63) is 29.3 Å². The number of nitrogens with one attached hydrogen (secondary N) is 2. The van der Waals surface area contributed by atoms with E-state index in [0.717, 1.165) is 13.1 Å². The molecule has 2 rings (SSSR count). The van der Waals surface area contributed by atoms with Crippen LogP contribution in [0.3, 0.4) is 0 Å². The Morgan fingerprint density at radius 2 is 2.21 bits per heavy atom. The number of benzene rings is 1. The van der Waals surface area contributed by atoms with Crippen LogP contribution in [-0.2, 0) is 13.0 Å². The summed E-state index contributed by atoms with van der Waals surface area (Å²) in [5.41, 5.74) is 4.36. The summed E-state index contributed by atoms with van der Waals surface area (Å²) in [6, 6.07) is 7.29. The maximum atomic E-state index is 3.68. The number of fused-ring (bicyclic) bond motifs is 1. The van der Waals surface area contributed by atoms with Gasteiger partial charge in [0.25, 0.3) is 0 Å². The van der Waals surface area contributed by atoms with Crippen LogP contribution in [0.25, 0.3) is 0 Å². The maximum absolute atomic E-state index is 3.68. The van der Waals surface area contributed by atoms with Crippen molar-refractivity contribution < 1.29 is 0 Å². The van der Waals surface area contributed by atoms with Gasteiger partial charge in [0.15, 0.2) is 0 Å². The van der Waals surface area contributed by atoms with E-state index in [4.69, 9.17) is 0 Å². The first-order valence-electron chi connectivity index (χ1n) is 7.89. The lowest BCUT2D eigenvalue weighted by molar-refractivity contribution is 0.486. The fraction of sp³-hybridized carbons (Fsp3) is 0.647. The molecule has 1 unspecified atom stereocenters. The van der Waals surface area contributed by atoms with Gasteiger partial charge in [-0.05, 0) is 43.4 Å². The topological polar surface area (TPSA) is 24.1 Å². The van der Waals surface area contributed by atoms with Crippen molar-refractivity contribution in [2.45, 2.75) is 65.0 Å². The average Bonchev–Trinajstić information content (AvgIpc) is 2.45. The van der Waals surface area contributed by atoms with Crippen molar-refractivity contribution in [1.29, 1.82) is 0 Å². The number of rotatable bonds is 7. The van der Waals surface area contributed by atoms with Gasteiger partial charge in [0.2, 0.25) is 0 Å². The van der Waals surface area contributed by atoms with Crippen LogP contribution >= 0.6 is 0 Å². The molecule has 1 aliphatic heterocycles. The van der Waals surface area contributed by atoms with Gasteiger partial charge in [-0.15, -0.1) is 0 Å². The zero-order valence-electron chi connectivity index (χ0n) is 12.5. The lowest BCUT2D eigenvalue weighted by atomic mass is 9.97. The second-order valence-corrected chi connectivity index (χ2v) is 5.75. The molecule has 2 nitrogen and oxygen atoms in total. The first kappa shape index (κ1) is 14.4. The summed E-state index contributed by atoms with van der Waals surface area (Å²) in [6.45, 7) is 6.71. The summed E-state index contributed by atoms with van der Waals surface area (Å²) in [4.78, 5) is 0. The average molecular weight is 260 g/mol. The van der Waals surface area contributed by atoms with E-state index in [0.29, 0.717) is 6.04 Å². The van der Waals surface area contributed by atoms with Gasteiger partial charge in [-0.2, -0.15) is 0 Å². The molecule has 1 aromatic carbocycles. The minimum atomic E-state index is 0.624. The lowest BCUT2D eigenvalue weighted by Gasteiger charge is -2.22. The molecule has 0 bridgehead atoms. The largest absolute Gasteiger partial charge is 0.385 e. The van der Waals surface area contributed by atoms with Crippen LogP contribution in [0, 0.1) is 0 Å². The summed E-state index contributed by atoms with van der Waals surface area (Å²) in [5.74, 6) is 0. The molecule has 1 aliphatic rings. The van der Waals surface area contributed by atoms with Gasteiger partial charge in [0, 0.05) is 24.8 Å². The molecule has 1 heterocycles. The summed E-state index contributed by atoms with van der Waals surface area (Å²) in [5, 5.41) is 7.18. The van der Waals surface area contributed by atoms with Crippen molar-refractivity contribution in [2.24, 2.45) is 0 Å². The standard InChI is InChI=1S/C17H28N2/c1-3-4-5-8-14(2)19-13-15-9-6-11-17-16(15)10-7-12-18-17/h6,9,11,14,18-19H,3-5,7-8,10,12-13H2,1-2H3. The molecule has 0 radical (unpaired) electrons. The normalized spacial score (nSPS) is 15.7. The molecule has 2 heteroatoms. The molecule has 0 fully saturated rings. The van der Waals surface area contributed by atoms with Crippen molar-refractivity contribution in [1.82, 2.24) is 5.32 Å². The third-order valence-corrected chi connectivity index (χ3v) is 4.07.